The van der Waals surface area contributed by atoms with Gasteiger partial charge in [0.05, 0.1) is 40.9 Å². The van der Waals surface area contributed by atoms with Crippen LogP contribution in [0.3, 0.4) is 0 Å². The standard InChI is InChI=1S/C31H33F2N5O6S/c1-30(2,3)44-29(41)36-12-4-16-45(42,43)24-8-5-21(6-9-24)22-7-10-27-26(17-22)25(11-13-35-27)28(40)37(14-15-39)38-20-31(32,33)18-23(38)19-34/h5-11,13,15,17,23H,4,12,14,16,18,20H2,1-3H3,(H,36,41). The minimum Gasteiger partial charge on any atom is -0.444 e. The van der Waals surface area contributed by atoms with Crippen molar-refractivity contribution in [3.63, 3.8) is 0 Å². The Bertz CT molecular complexity index is 1740. The summed E-state index contributed by atoms with van der Waals surface area (Å²) >= 11 is 0. The molecule has 0 spiro atoms. The number of nitrogens with one attached hydrogen (secondary N) is 1. The van der Waals surface area contributed by atoms with E-state index in [1.165, 1.54) is 24.4 Å². The summed E-state index contributed by atoms with van der Waals surface area (Å²) in [6.45, 7) is 3.90. The molecule has 0 radical (unpaired) electrons. The minimum absolute atomic E-state index is 0.0924. The Kier molecular flexibility index (Phi) is 9.84. The number of sulfone groups is 1. The van der Waals surface area contributed by atoms with E-state index in [0.717, 1.165) is 10.0 Å². The van der Waals surface area contributed by atoms with Crippen LogP contribution in [0.2, 0.25) is 0 Å². The predicted molar refractivity (Wildman–Crippen MR) is 161 cm³/mol. The number of hydrogen-bond acceptors (Lipinski definition) is 9. The summed E-state index contributed by atoms with van der Waals surface area (Å²) in [4.78, 5) is 41.3. The van der Waals surface area contributed by atoms with Crippen molar-refractivity contribution in [2.24, 2.45) is 0 Å². The van der Waals surface area contributed by atoms with Crippen LogP contribution in [0.4, 0.5) is 13.6 Å². The van der Waals surface area contributed by atoms with E-state index in [0.29, 0.717) is 28.3 Å². The maximum Gasteiger partial charge on any atom is 0.407 e. The molecule has 11 nitrogen and oxygen atoms in total. The number of alkyl carbamates (subject to hydrolysis) is 1. The molecule has 14 heteroatoms. The molecular formula is C31H33F2N5O6S. The van der Waals surface area contributed by atoms with Crippen molar-refractivity contribution in [1.29, 1.82) is 5.26 Å². The number of hydrazine groups is 1. The maximum absolute atomic E-state index is 14.2. The number of benzene rings is 2. The minimum atomic E-state index is -3.64. The number of hydrogen-bond donors (Lipinski definition) is 1. The molecule has 4 rings (SSSR count). The normalized spacial score (nSPS) is 16.6. The van der Waals surface area contributed by atoms with Gasteiger partial charge in [0.25, 0.3) is 11.8 Å². The number of halogens is 2. The van der Waals surface area contributed by atoms with Gasteiger partial charge in [-0.15, -0.1) is 0 Å². The number of carbonyl (C=O) groups is 3. The molecule has 1 unspecified atom stereocenters. The van der Waals surface area contributed by atoms with Crippen molar-refractivity contribution in [2.45, 2.75) is 56.1 Å². The van der Waals surface area contributed by atoms with Gasteiger partial charge in [-0.1, -0.05) is 18.2 Å². The van der Waals surface area contributed by atoms with E-state index in [1.54, 1.807) is 57.2 Å². The first-order valence-electron chi connectivity index (χ1n) is 14.1. The van der Waals surface area contributed by atoms with Gasteiger partial charge in [0, 0.05) is 24.5 Å². The smallest absolute Gasteiger partial charge is 0.407 e. The van der Waals surface area contributed by atoms with Crippen LogP contribution in [0.1, 0.15) is 44.0 Å². The van der Waals surface area contributed by atoms with E-state index in [4.69, 9.17) is 4.74 Å². The quantitative estimate of drug-likeness (QED) is 0.251. The highest BCUT2D eigenvalue weighted by molar-refractivity contribution is 7.91. The average molecular weight is 642 g/mol. The zero-order chi connectivity index (χ0) is 33.0. The SMILES string of the molecule is CC(C)(C)OC(=O)NCCCS(=O)(=O)c1ccc(-c2ccc3nccc(C(=O)N(CC=O)N4CC(F)(F)CC4C#N)c3c2)cc1. The third-order valence-electron chi connectivity index (χ3n) is 6.96. The lowest BCUT2D eigenvalue weighted by Gasteiger charge is -2.32. The highest BCUT2D eigenvalue weighted by Crippen LogP contribution is 2.34. The van der Waals surface area contributed by atoms with Gasteiger partial charge in [0.1, 0.15) is 17.9 Å². The summed E-state index contributed by atoms with van der Waals surface area (Å²) in [5.74, 6) is -4.14. The Labute approximate surface area is 259 Å². The second-order valence-electron chi connectivity index (χ2n) is 11.6. The first-order chi connectivity index (χ1) is 21.1. The molecule has 1 atom stereocenters. The number of nitriles is 1. The van der Waals surface area contributed by atoms with Crippen LogP contribution < -0.4 is 5.32 Å². The average Bonchev–Trinajstić information content (AvgIpc) is 3.30. The first-order valence-corrected chi connectivity index (χ1v) is 15.8. The molecule has 2 aromatic carbocycles. The van der Waals surface area contributed by atoms with Gasteiger partial charge < -0.3 is 14.8 Å². The first kappa shape index (κ1) is 33.4. The number of nitrogens with zero attached hydrogens (tertiary/aromatic N) is 4. The number of aldehydes is 1. The summed E-state index contributed by atoms with van der Waals surface area (Å²) in [7, 11) is -3.64. The Balaban J connectivity index is 1.53. The highest BCUT2D eigenvalue weighted by Gasteiger charge is 2.48. The molecule has 2 amide bonds. The van der Waals surface area contributed by atoms with Crippen LogP contribution in [0, 0.1) is 11.3 Å². The summed E-state index contributed by atoms with van der Waals surface area (Å²) in [6.07, 6.45) is 0.591. The molecule has 0 aliphatic carbocycles. The lowest BCUT2D eigenvalue weighted by Crippen LogP contribution is -2.50. The zero-order valence-corrected chi connectivity index (χ0v) is 25.8. The molecule has 0 saturated carbocycles. The Morgan fingerprint density at radius 3 is 2.51 bits per heavy atom. The molecule has 1 saturated heterocycles. The van der Waals surface area contributed by atoms with Crippen LogP contribution >= 0.6 is 0 Å². The van der Waals surface area contributed by atoms with Gasteiger partial charge in [-0.05, 0) is 68.7 Å². The van der Waals surface area contributed by atoms with E-state index < -0.39 is 58.9 Å². The van der Waals surface area contributed by atoms with Crippen LogP contribution in [0.15, 0.2) is 59.6 Å². The van der Waals surface area contributed by atoms with Gasteiger partial charge in [-0.3, -0.25) is 14.8 Å². The number of aromatic nitrogens is 1. The molecule has 2 heterocycles. The lowest BCUT2D eigenvalue weighted by molar-refractivity contribution is -0.113. The molecular weight excluding hydrogens is 608 g/mol. The van der Waals surface area contributed by atoms with Crippen LogP contribution in [0.5, 0.6) is 0 Å². The van der Waals surface area contributed by atoms with Gasteiger partial charge in [-0.2, -0.15) is 10.3 Å². The number of alkyl halides is 2. The predicted octanol–water partition coefficient (Wildman–Crippen LogP) is 4.38. The van der Waals surface area contributed by atoms with E-state index in [2.05, 4.69) is 10.3 Å². The molecule has 1 N–H and O–H groups in total. The van der Waals surface area contributed by atoms with Crippen LogP contribution in [-0.4, -0.2) is 84.7 Å². The van der Waals surface area contributed by atoms with E-state index in [1.807, 2.05) is 0 Å². The molecule has 1 fully saturated rings. The molecule has 45 heavy (non-hydrogen) atoms. The Hall–Kier alpha value is -4.48. The fourth-order valence-corrected chi connectivity index (χ4v) is 6.24. The number of amides is 2. The Morgan fingerprint density at radius 2 is 1.87 bits per heavy atom. The molecule has 238 valence electrons. The van der Waals surface area contributed by atoms with Crippen molar-refractivity contribution in [2.75, 3.05) is 25.4 Å². The number of ether oxygens (including phenoxy) is 1. The number of rotatable bonds is 10. The van der Waals surface area contributed by atoms with Gasteiger partial charge >= 0.3 is 6.09 Å². The summed E-state index contributed by atoms with van der Waals surface area (Å²) in [5.41, 5.74) is 1.12. The van der Waals surface area contributed by atoms with Crippen LogP contribution in [-0.2, 0) is 19.4 Å². The van der Waals surface area contributed by atoms with Crippen LogP contribution in [0.25, 0.3) is 22.0 Å². The van der Waals surface area contributed by atoms with Gasteiger partial charge in [0.15, 0.2) is 9.84 Å². The largest absolute Gasteiger partial charge is 0.444 e. The topological polar surface area (TPSA) is 150 Å². The lowest BCUT2D eigenvalue weighted by atomic mass is 10.0. The second-order valence-corrected chi connectivity index (χ2v) is 13.7. The van der Waals surface area contributed by atoms with Crippen molar-refractivity contribution in [1.82, 2.24) is 20.3 Å². The van der Waals surface area contributed by atoms with Gasteiger partial charge in [0.2, 0.25) is 0 Å². The Morgan fingerprint density at radius 1 is 1.18 bits per heavy atom. The van der Waals surface area contributed by atoms with E-state index >= 15 is 0 Å². The van der Waals surface area contributed by atoms with Gasteiger partial charge in [-0.25, -0.2) is 22.0 Å². The van der Waals surface area contributed by atoms with Crippen molar-refractivity contribution in [3.8, 4) is 17.2 Å². The molecule has 1 aliphatic heterocycles. The van der Waals surface area contributed by atoms with Crippen molar-refractivity contribution >= 4 is 39.0 Å². The maximum atomic E-state index is 14.2. The third kappa shape index (κ3) is 8.17. The molecule has 3 aromatic rings. The fraction of sp³-hybridized carbons (Fsp3) is 0.387. The number of carbonyl (C=O) groups excluding carboxylic acids is 3. The highest BCUT2D eigenvalue weighted by atomic mass is 32.2. The monoisotopic (exact) mass is 641 g/mol. The van der Waals surface area contributed by atoms with E-state index in [9.17, 15) is 36.8 Å². The van der Waals surface area contributed by atoms with Crippen molar-refractivity contribution < 1.29 is 36.3 Å². The molecule has 0 bridgehead atoms. The summed E-state index contributed by atoms with van der Waals surface area (Å²) in [6, 6.07) is 13.1. The molecule has 1 aromatic heterocycles. The number of fused-ring (bicyclic) bond motifs is 1. The third-order valence-corrected chi connectivity index (χ3v) is 8.78. The second kappa shape index (κ2) is 13.3. The zero-order valence-electron chi connectivity index (χ0n) is 25.0. The summed E-state index contributed by atoms with van der Waals surface area (Å²) < 4.78 is 59.2. The molecule has 1 aliphatic rings. The van der Waals surface area contributed by atoms with E-state index in [-0.39, 0.29) is 29.2 Å². The number of pyridine rings is 1. The van der Waals surface area contributed by atoms with Crippen molar-refractivity contribution in [3.05, 3.63) is 60.3 Å². The summed E-state index contributed by atoms with van der Waals surface area (Å²) in [5, 5.41) is 14.1. The fourth-order valence-electron chi connectivity index (χ4n) is 4.93.